The van der Waals surface area contributed by atoms with Gasteiger partial charge in [-0.3, -0.25) is 4.79 Å². The van der Waals surface area contributed by atoms with Crippen molar-refractivity contribution in [3.63, 3.8) is 0 Å². The van der Waals surface area contributed by atoms with Crippen molar-refractivity contribution in [1.29, 1.82) is 0 Å². The number of nitrogens with one attached hydrogen (secondary N) is 1. The van der Waals surface area contributed by atoms with Gasteiger partial charge in [0.25, 0.3) is 0 Å². The fraction of sp³-hybridized carbons (Fsp3) is 0.278. The van der Waals surface area contributed by atoms with Crippen LogP contribution in [0.3, 0.4) is 0 Å². The smallest absolute Gasteiger partial charge is 0.313 e. The molecule has 3 aromatic rings. The van der Waals surface area contributed by atoms with Crippen molar-refractivity contribution in [1.82, 2.24) is 4.98 Å². The highest BCUT2D eigenvalue weighted by atomic mass is 35.5. The summed E-state index contributed by atoms with van der Waals surface area (Å²) in [5.74, 6) is -0.738. The van der Waals surface area contributed by atoms with E-state index in [9.17, 15) is 9.90 Å². The van der Waals surface area contributed by atoms with Crippen molar-refractivity contribution in [2.24, 2.45) is 0 Å². The van der Waals surface area contributed by atoms with Crippen LogP contribution >= 0.6 is 11.6 Å². The fourth-order valence-electron chi connectivity index (χ4n) is 2.63. The Morgan fingerprint density at radius 2 is 1.96 bits per heavy atom. The first kappa shape index (κ1) is 15.8. The highest BCUT2D eigenvalue weighted by molar-refractivity contribution is 6.31. The van der Waals surface area contributed by atoms with Gasteiger partial charge in [0.2, 0.25) is 0 Å². The molecule has 0 spiro atoms. The Labute approximate surface area is 139 Å². The highest BCUT2D eigenvalue weighted by Gasteiger charge is 2.18. The van der Waals surface area contributed by atoms with Gasteiger partial charge in [-0.05, 0) is 43.7 Å². The fourth-order valence-corrected chi connectivity index (χ4v) is 2.80. The summed E-state index contributed by atoms with van der Waals surface area (Å²) in [4.78, 5) is 15.4. The Morgan fingerprint density at radius 1 is 1.17 bits per heavy atom. The summed E-state index contributed by atoms with van der Waals surface area (Å²) in [6, 6.07) is 11.6. The average Bonchev–Trinajstić information content (AvgIpc) is 2.88. The first-order chi connectivity index (χ1) is 11.0. The summed E-state index contributed by atoms with van der Waals surface area (Å²) in [5.41, 5.74) is 2.83. The van der Waals surface area contributed by atoms with Crippen LogP contribution in [-0.4, -0.2) is 28.8 Å². The van der Waals surface area contributed by atoms with Gasteiger partial charge in [0.05, 0.1) is 12.0 Å². The molecule has 0 bridgehead atoms. The Morgan fingerprint density at radius 3 is 2.70 bits per heavy atom. The number of H-pyrrole nitrogens is 1. The number of carbonyl (C=O) groups is 1. The SMILES string of the molecule is CC(O)COC(=O)C(C)c1ccc2c(c1)[nH]c1ccc(Cl)cc12. The highest BCUT2D eigenvalue weighted by Crippen LogP contribution is 2.30. The summed E-state index contributed by atoms with van der Waals surface area (Å²) in [5, 5.41) is 12.0. The zero-order valence-corrected chi connectivity index (χ0v) is 13.7. The van der Waals surface area contributed by atoms with E-state index in [4.69, 9.17) is 16.3 Å². The van der Waals surface area contributed by atoms with Crippen molar-refractivity contribution >= 4 is 39.4 Å². The molecule has 1 aromatic heterocycles. The van der Waals surface area contributed by atoms with E-state index < -0.39 is 12.0 Å². The number of aromatic amines is 1. The maximum Gasteiger partial charge on any atom is 0.313 e. The molecule has 0 radical (unpaired) electrons. The van der Waals surface area contributed by atoms with E-state index in [1.54, 1.807) is 13.8 Å². The molecule has 0 aliphatic carbocycles. The first-order valence-corrected chi connectivity index (χ1v) is 7.89. The minimum atomic E-state index is -0.660. The van der Waals surface area contributed by atoms with Crippen LogP contribution in [0.1, 0.15) is 25.3 Å². The number of halogens is 1. The monoisotopic (exact) mass is 331 g/mol. The number of aliphatic hydroxyl groups excluding tert-OH is 1. The van der Waals surface area contributed by atoms with E-state index in [-0.39, 0.29) is 12.6 Å². The topological polar surface area (TPSA) is 62.3 Å². The number of rotatable bonds is 4. The van der Waals surface area contributed by atoms with Crippen LogP contribution in [0.15, 0.2) is 36.4 Å². The Kier molecular flexibility index (Phi) is 4.28. The van der Waals surface area contributed by atoms with E-state index >= 15 is 0 Å². The Hall–Kier alpha value is -2.04. The van der Waals surface area contributed by atoms with Gasteiger partial charge in [-0.1, -0.05) is 23.7 Å². The van der Waals surface area contributed by atoms with Crippen LogP contribution in [0.2, 0.25) is 5.02 Å². The molecule has 5 heteroatoms. The molecular formula is C18H18ClNO3. The van der Waals surface area contributed by atoms with Gasteiger partial charge in [-0.25, -0.2) is 0 Å². The number of fused-ring (bicyclic) bond motifs is 3. The molecular weight excluding hydrogens is 314 g/mol. The van der Waals surface area contributed by atoms with Crippen molar-refractivity contribution in [3.8, 4) is 0 Å². The number of aliphatic hydroxyl groups is 1. The molecule has 23 heavy (non-hydrogen) atoms. The molecule has 2 unspecified atom stereocenters. The van der Waals surface area contributed by atoms with Gasteiger partial charge in [0.15, 0.2) is 0 Å². The maximum atomic E-state index is 12.0. The quantitative estimate of drug-likeness (QED) is 0.710. The van der Waals surface area contributed by atoms with Crippen LogP contribution in [0.4, 0.5) is 0 Å². The van der Waals surface area contributed by atoms with Crippen molar-refractivity contribution in [2.75, 3.05) is 6.61 Å². The Balaban J connectivity index is 1.93. The number of carbonyl (C=O) groups excluding carboxylic acids is 1. The second-order valence-corrected chi connectivity index (χ2v) is 6.26. The molecule has 2 atom stereocenters. The molecule has 0 fully saturated rings. The lowest BCUT2D eigenvalue weighted by Crippen LogP contribution is -2.19. The molecule has 2 aromatic carbocycles. The molecule has 0 saturated heterocycles. The summed E-state index contributed by atoms with van der Waals surface area (Å²) in [6.45, 7) is 3.39. The van der Waals surface area contributed by atoms with Gasteiger partial charge in [-0.15, -0.1) is 0 Å². The van der Waals surface area contributed by atoms with Crippen LogP contribution in [0, 0.1) is 0 Å². The van der Waals surface area contributed by atoms with Gasteiger partial charge in [-0.2, -0.15) is 0 Å². The molecule has 3 rings (SSSR count). The molecule has 0 aliphatic heterocycles. The number of esters is 1. The van der Waals surface area contributed by atoms with Crippen LogP contribution in [0.5, 0.6) is 0 Å². The molecule has 120 valence electrons. The second-order valence-electron chi connectivity index (χ2n) is 5.82. The lowest BCUT2D eigenvalue weighted by atomic mass is 9.99. The third-order valence-electron chi connectivity index (χ3n) is 3.91. The predicted octanol–water partition coefficient (Wildman–Crippen LogP) is 4.00. The van der Waals surface area contributed by atoms with Gasteiger partial charge < -0.3 is 14.8 Å². The molecule has 0 amide bonds. The minimum Gasteiger partial charge on any atom is -0.462 e. The molecule has 4 nitrogen and oxygen atoms in total. The normalized spacial score (nSPS) is 14.1. The average molecular weight is 332 g/mol. The molecule has 0 aliphatic rings. The van der Waals surface area contributed by atoms with Crippen molar-refractivity contribution in [3.05, 3.63) is 47.0 Å². The van der Waals surface area contributed by atoms with Crippen LogP contribution in [-0.2, 0) is 9.53 Å². The van der Waals surface area contributed by atoms with E-state index in [2.05, 4.69) is 4.98 Å². The van der Waals surface area contributed by atoms with Crippen molar-refractivity contribution < 1.29 is 14.6 Å². The van der Waals surface area contributed by atoms with Gasteiger partial charge >= 0.3 is 5.97 Å². The number of aromatic nitrogens is 1. The summed E-state index contributed by atoms with van der Waals surface area (Å²) >= 11 is 6.06. The maximum absolute atomic E-state index is 12.0. The van der Waals surface area contributed by atoms with Gasteiger partial charge in [0, 0.05) is 26.8 Å². The van der Waals surface area contributed by atoms with Crippen LogP contribution < -0.4 is 0 Å². The zero-order chi connectivity index (χ0) is 16.6. The van der Waals surface area contributed by atoms with E-state index in [0.29, 0.717) is 5.02 Å². The lowest BCUT2D eigenvalue weighted by Gasteiger charge is -2.13. The standard InChI is InChI=1S/C18H18ClNO3/c1-10(21)9-23-18(22)11(2)12-3-5-14-15-8-13(19)4-6-16(15)20-17(14)7-12/h3-8,10-11,20-21H,9H2,1-2H3. The lowest BCUT2D eigenvalue weighted by molar-refractivity contribution is -0.147. The largest absolute Gasteiger partial charge is 0.462 e. The molecule has 0 saturated carbocycles. The second kappa shape index (κ2) is 6.22. The van der Waals surface area contributed by atoms with Crippen LogP contribution in [0.25, 0.3) is 21.8 Å². The molecule has 2 N–H and O–H groups in total. The van der Waals surface area contributed by atoms with E-state index in [0.717, 1.165) is 27.4 Å². The Bertz CT molecular complexity index is 869. The summed E-state index contributed by atoms with van der Waals surface area (Å²) < 4.78 is 5.09. The third-order valence-corrected chi connectivity index (χ3v) is 4.14. The van der Waals surface area contributed by atoms with Crippen molar-refractivity contribution in [2.45, 2.75) is 25.9 Å². The van der Waals surface area contributed by atoms with E-state index in [1.807, 2.05) is 36.4 Å². The minimum absolute atomic E-state index is 0.0102. The number of hydrogen-bond acceptors (Lipinski definition) is 3. The predicted molar refractivity (Wildman–Crippen MR) is 91.9 cm³/mol. The number of benzene rings is 2. The summed E-state index contributed by atoms with van der Waals surface area (Å²) in [6.07, 6.45) is -0.660. The molecule has 1 heterocycles. The number of ether oxygens (including phenoxy) is 1. The number of hydrogen-bond donors (Lipinski definition) is 2. The van der Waals surface area contributed by atoms with Gasteiger partial charge in [0.1, 0.15) is 6.61 Å². The zero-order valence-electron chi connectivity index (χ0n) is 13.0. The van der Waals surface area contributed by atoms with E-state index in [1.165, 1.54) is 0 Å². The summed E-state index contributed by atoms with van der Waals surface area (Å²) in [7, 11) is 0. The third kappa shape index (κ3) is 3.19. The first-order valence-electron chi connectivity index (χ1n) is 7.51.